The van der Waals surface area contributed by atoms with Gasteiger partial charge in [0, 0.05) is 6.42 Å². The Labute approximate surface area is 158 Å². The molecule has 26 heavy (non-hydrogen) atoms. The van der Waals surface area contributed by atoms with E-state index in [1.807, 2.05) is 0 Å². The van der Waals surface area contributed by atoms with Crippen LogP contribution in [0.4, 0.5) is 4.79 Å². The molecule has 0 bridgehead atoms. The van der Waals surface area contributed by atoms with Crippen LogP contribution in [-0.4, -0.2) is 25.7 Å². The molecule has 3 fully saturated rings. The second kappa shape index (κ2) is 6.83. The highest BCUT2D eigenvalue weighted by Crippen LogP contribution is 2.66. The lowest BCUT2D eigenvalue weighted by Gasteiger charge is -2.62. The molecule has 0 aliphatic heterocycles. The van der Waals surface area contributed by atoms with Crippen LogP contribution in [0, 0.1) is 34.0 Å². The van der Waals surface area contributed by atoms with Crippen LogP contribution in [0.1, 0.15) is 79.1 Å². The summed E-state index contributed by atoms with van der Waals surface area (Å²) in [5, 5.41) is 0. The molecule has 0 aromatic heterocycles. The number of ketones is 1. The average molecular weight is 365 g/mol. The van der Waals surface area contributed by atoms with E-state index in [-0.39, 0.29) is 12.0 Å². The van der Waals surface area contributed by atoms with E-state index in [2.05, 4.69) is 27.7 Å². The molecule has 4 heteroatoms. The maximum absolute atomic E-state index is 13.4. The van der Waals surface area contributed by atoms with E-state index < -0.39 is 11.6 Å². The summed E-state index contributed by atoms with van der Waals surface area (Å²) in [5.41, 5.74) is -0.0415. The number of rotatable bonds is 2. The second-order valence-electron chi connectivity index (χ2n) is 10.2. The number of hydrogen-bond acceptors (Lipinski definition) is 4. The normalized spacial score (nSPS) is 42.2. The molecule has 3 rings (SSSR count). The fourth-order valence-electron chi connectivity index (χ4n) is 7.02. The molecule has 0 amide bonds. The molecular weight excluding hydrogens is 328 g/mol. The molecule has 0 N–H and O–H groups in total. The van der Waals surface area contributed by atoms with Crippen LogP contribution in [0.2, 0.25) is 0 Å². The molecule has 3 saturated carbocycles. The predicted octanol–water partition coefficient (Wildman–Crippen LogP) is 5.39. The maximum atomic E-state index is 13.4. The van der Waals surface area contributed by atoms with Crippen molar-refractivity contribution in [2.75, 3.05) is 13.7 Å². The first kappa shape index (κ1) is 19.7. The van der Waals surface area contributed by atoms with E-state index in [9.17, 15) is 9.59 Å². The minimum absolute atomic E-state index is 0.152. The number of hydrogen-bond donors (Lipinski definition) is 0. The maximum Gasteiger partial charge on any atom is 0.508 e. The molecule has 3 aliphatic carbocycles. The lowest BCUT2D eigenvalue weighted by Crippen LogP contribution is -2.59. The highest BCUT2D eigenvalue weighted by atomic mass is 16.7. The van der Waals surface area contributed by atoms with Crippen molar-refractivity contribution >= 4 is 11.9 Å². The lowest BCUT2D eigenvalue weighted by molar-refractivity contribution is -0.168. The first-order valence-electron chi connectivity index (χ1n) is 10.4. The molecular formula is C22H36O4. The zero-order valence-electron chi connectivity index (χ0n) is 17.2. The minimum atomic E-state index is -0.667. The summed E-state index contributed by atoms with van der Waals surface area (Å²) in [7, 11) is 1.33. The van der Waals surface area contributed by atoms with E-state index in [1.165, 1.54) is 26.4 Å². The van der Waals surface area contributed by atoms with Crippen LogP contribution >= 0.6 is 0 Å². The van der Waals surface area contributed by atoms with Gasteiger partial charge in [0.1, 0.15) is 12.4 Å². The van der Waals surface area contributed by atoms with Gasteiger partial charge in [-0.2, -0.15) is 0 Å². The van der Waals surface area contributed by atoms with Crippen molar-refractivity contribution in [1.29, 1.82) is 0 Å². The third kappa shape index (κ3) is 3.07. The van der Waals surface area contributed by atoms with Gasteiger partial charge in [0.25, 0.3) is 0 Å². The van der Waals surface area contributed by atoms with Gasteiger partial charge in [-0.15, -0.1) is 0 Å². The van der Waals surface area contributed by atoms with Gasteiger partial charge in [-0.1, -0.05) is 34.1 Å². The summed E-state index contributed by atoms with van der Waals surface area (Å²) in [6, 6.07) is 0. The quantitative estimate of drug-likeness (QED) is 0.617. The van der Waals surface area contributed by atoms with Crippen LogP contribution in [0.25, 0.3) is 0 Å². The van der Waals surface area contributed by atoms with Crippen LogP contribution in [0.15, 0.2) is 0 Å². The van der Waals surface area contributed by atoms with E-state index >= 15 is 0 Å². The number of carbonyl (C=O) groups excluding carboxylic acids is 2. The number of ether oxygens (including phenoxy) is 2. The highest BCUT2D eigenvalue weighted by Gasteiger charge is 2.62. The van der Waals surface area contributed by atoms with Crippen molar-refractivity contribution in [2.45, 2.75) is 79.1 Å². The minimum Gasteiger partial charge on any atom is -0.438 e. The molecule has 4 nitrogen and oxygen atoms in total. The van der Waals surface area contributed by atoms with E-state index in [1.54, 1.807) is 0 Å². The lowest BCUT2D eigenvalue weighted by atomic mass is 9.42. The predicted molar refractivity (Wildman–Crippen MR) is 101 cm³/mol. The van der Waals surface area contributed by atoms with Crippen molar-refractivity contribution in [3.8, 4) is 0 Å². The van der Waals surface area contributed by atoms with Crippen LogP contribution in [-0.2, 0) is 14.3 Å². The van der Waals surface area contributed by atoms with Crippen molar-refractivity contribution in [3.05, 3.63) is 0 Å². The Hall–Kier alpha value is -1.06. The summed E-state index contributed by atoms with van der Waals surface area (Å²) in [6.45, 7) is 9.63. The average Bonchev–Trinajstić information content (AvgIpc) is 2.69. The molecule has 148 valence electrons. The SMILES string of the molecule is COC(=O)OCC12CCC3C(C)(C)CCCC3(C)C1CCC(C)CC2=O. The topological polar surface area (TPSA) is 52.6 Å². The Morgan fingerprint density at radius 1 is 1.08 bits per heavy atom. The van der Waals surface area contributed by atoms with Crippen molar-refractivity contribution < 1.29 is 19.1 Å². The Balaban J connectivity index is 2.00. The molecule has 0 saturated heterocycles. The third-order valence-electron chi connectivity index (χ3n) is 8.27. The van der Waals surface area contributed by atoms with Gasteiger partial charge in [0.15, 0.2) is 0 Å². The van der Waals surface area contributed by atoms with Gasteiger partial charge in [-0.05, 0) is 67.1 Å². The standard InChI is InChI=1S/C22H36O4/c1-15-7-8-17-21(4)11-6-10-20(2,3)16(21)9-12-22(17,18(23)13-15)14-26-19(24)25-5/h15-17H,6-14H2,1-5H3. The van der Waals surface area contributed by atoms with Crippen LogP contribution < -0.4 is 0 Å². The Kier molecular flexibility index (Phi) is 5.18. The summed E-state index contributed by atoms with van der Waals surface area (Å²) < 4.78 is 10.1. The fourth-order valence-corrected chi connectivity index (χ4v) is 7.02. The molecule has 0 aromatic carbocycles. The summed E-state index contributed by atoms with van der Waals surface area (Å²) in [6.07, 6.45) is 7.72. The van der Waals surface area contributed by atoms with Crippen LogP contribution in [0.3, 0.4) is 0 Å². The molecule has 0 spiro atoms. The summed E-state index contributed by atoms with van der Waals surface area (Å²) in [5.74, 6) is 1.68. The molecule has 5 atom stereocenters. The summed E-state index contributed by atoms with van der Waals surface area (Å²) in [4.78, 5) is 25.1. The first-order valence-corrected chi connectivity index (χ1v) is 10.4. The van der Waals surface area contributed by atoms with Gasteiger partial charge in [0.05, 0.1) is 12.5 Å². The van der Waals surface area contributed by atoms with Crippen molar-refractivity contribution in [1.82, 2.24) is 0 Å². The summed E-state index contributed by atoms with van der Waals surface area (Å²) >= 11 is 0. The molecule has 0 radical (unpaired) electrons. The molecule has 5 unspecified atom stereocenters. The Bertz CT molecular complexity index is 568. The van der Waals surface area contributed by atoms with Gasteiger partial charge in [-0.25, -0.2) is 4.79 Å². The number of methoxy groups -OCH3 is 1. The second-order valence-corrected chi connectivity index (χ2v) is 10.2. The zero-order valence-corrected chi connectivity index (χ0v) is 17.2. The van der Waals surface area contributed by atoms with E-state index in [4.69, 9.17) is 9.47 Å². The van der Waals surface area contributed by atoms with Gasteiger partial charge < -0.3 is 9.47 Å². The molecule has 3 aliphatic rings. The Morgan fingerprint density at radius 3 is 2.50 bits per heavy atom. The number of Topliss-reactive ketones (excluding diaryl/α,β-unsaturated/α-hetero) is 1. The van der Waals surface area contributed by atoms with E-state index in [0.29, 0.717) is 35.4 Å². The van der Waals surface area contributed by atoms with E-state index in [0.717, 1.165) is 25.7 Å². The van der Waals surface area contributed by atoms with Gasteiger partial charge in [-0.3, -0.25) is 4.79 Å². The third-order valence-corrected chi connectivity index (χ3v) is 8.27. The number of carbonyl (C=O) groups is 2. The smallest absolute Gasteiger partial charge is 0.438 e. The molecule has 0 heterocycles. The van der Waals surface area contributed by atoms with Gasteiger partial charge in [0.2, 0.25) is 0 Å². The van der Waals surface area contributed by atoms with Crippen molar-refractivity contribution in [2.24, 2.45) is 34.0 Å². The van der Waals surface area contributed by atoms with Gasteiger partial charge >= 0.3 is 6.16 Å². The van der Waals surface area contributed by atoms with Crippen molar-refractivity contribution in [3.63, 3.8) is 0 Å². The molecule has 0 aromatic rings. The van der Waals surface area contributed by atoms with Crippen LogP contribution in [0.5, 0.6) is 0 Å². The zero-order chi connectivity index (χ0) is 19.2. The highest BCUT2D eigenvalue weighted by molar-refractivity contribution is 5.86. The monoisotopic (exact) mass is 364 g/mol. The Morgan fingerprint density at radius 2 is 1.81 bits per heavy atom. The first-order chi connectivity index (χ1) is 12.2. The largest absolute Gasteiger partial charge is 0.508 e. The number of fused-ring (bicyclic) bond motifs is 3. The fraction of sp³-hybridized carbons (Fsp3) is 0.909.